The second kappa shape index (κ2) is 6.14. The van der Waals surface area contributed by atoms with Crippen molar-refractivity contribution in [1.29, 1.82) is 0 Å². The molecule has 2 heterocycles. The molecular weight excluding hydrogens is 300 g/mol. The summed E-state index contributed by atoms with van der Waals surface area (Å²) in [7, 11) is 0. The van der Waals surface area contributed by atoms with Gasteiger partial charge in [-0.2, -0.15) is 4.99 Å². The van der Waals surface area contributed by atoms with E-state index in [1.807, 2.05) is 13.8 Å². The fraction of sp³-hybridized carbons (Fsp3) is 0.375. The molecule has 2 aliphatic heterocycles. The minimum atomic E-state index is -0.208. The lowest BCUT2D eigenvalue weighted by molar-refractivity contribution is -0.113. The zero-order valence-corrected chi connectivity index (χ0v) is 13.3. The SMILES string of the molecule is C[C@H]1CN(C2=NC(=O)C(=Cc3ccc(O)cc3)S2)C[C@H](C)O1. The van der Waals surface area contributed by atoms with E-state index in [0.29, 0.717) is 4.91 Å². The third kappa shape index (κ3) is 3.34. The first-order valence-corrected chi connectivity index (χ1v) is 8.05. The summed E-state index contributed by atoms with van der Waals surface area (Å²) in [5.74, 6) is 0.000607. The van der Waals surface area contributed by atoms with Gasteiger partial charge in [0.1, 0.15) is 5.75 Å². The number of phenols is 1. The van der Waals surface area contributed by atoms with Gasteiger partial charge in [-0.05, 0) is 49.4 Å². The Balaban J connectivity index is 1.74. The van der Waals surface area contributed by atoms with E-state index in [4.69, 9.17) is 4.74 Å². The maximum Gasteiger partial charge on any atom is 0.286 e. The van der Waals surface area contributed by atoms with Gasteiger partial charge in [-0.15, -0.1) is 0 Å². The molecule has 0 spiro atoms. The summed E-state index contributed by atoms with van der Waals surface area (Å²) in [5, 5.41) is 10.0. The van der Waals surface area contributed by atoms with E-state index < -0.39 is 0 Å². The average molecular weight is 318 g/mol. The second-order valence-corrected chi connectivity index (χ2v) is 6.57. The van der Waals surface area contributed by atoms with Gasteiger partial charge in [0.15, 0.2) is 5.17 Å². The molecule has 2 atom stereocenters. The van der Waals surface area contributed by atoms with Crippen LogP contribution in [-0.2, 0) is 9.53 Å². The summed E-state index contributed by atoms with van der Waals surface area (Å²) in [6.07, 6.45) is 2.07. The number of benzene rings is 1. The molecule has 22 heavy (non-hydrogen) atoms. The monoisotopic (exact) mass is 318 g/mol. The van der Waals surface area contributed by atoms with Gasteiger partial charge in [0.05, 0.1) is 17.1 Å². The maximum absolute atomic E-state index is 12.1. The number of amides is 1. The number of phenolic OH excluding ortho intramolecular Hbond substituents is 1. The van der Waals surface area contributed by atoms with Crippen LogP contribution in [0.3, 0.4) is 0 Å². The summed E-state index contributed by atoms with van der Waals surface area (Å²) in [6, 6.07) is 6.74. The lowest BCUT2D eigenvalue weighted by atomic mass is 10.2. The lowest BCUT2D eigenvalue weighted by Gasteiger charge is -2.35. The van der Waals surface area contributed by atoms with Crippen molar-refractivity contribution in [2.24, 2.45) is 4.99 Å². The van der Waals surface area contributed by atoms with Crippen molar-refractivity contribution in [2.75, 3.05) is 13.1 Å². The Bertz CT molecular complexity index is 629. The number of hydrogen-bond donors (Lipinski definition) is 1. The molecule has 1 amide bonds. The van der Waals surface area contributed by atoms with E-state index in [1.54, 1.807) is 30.3 Å². The number of morpholine rings is 1. The number of nitrogens with zero attached hydrogens (tertiary/aromatic N) is 2. The molecule has 1 fully saturated rings. The molecule has 1 aromatic rings. The van der Waals surface area contributed by atoms with Crippen molar-refractivity contribution in [3.8, 4) is 5.75 Å². The molecule has 116 valence electrons. The molecule has 0 radical (unpaired) electrons. The summed E-state index contributed by atoms with van der Waals surface area (Å²) in [4.78, 5) is 19.0. The summed E-state index contributed by atoms with van der Waals surface area (Å²) in [5.41, 5.74) is 0.869. The van der Waals surface area contributed by atoms with Crippen molar-refractivity contribution in [1.82, 2.24) is 4.90 Å². The van der Waals surface area contributed by atoms with Crippen LogP contribution < -0.4 is 0 Å². The van der Waals surface area contributed by atoms with Crippen LogP contribution in [0.4, 0.5) is 0 Å². The minimum absolute atomic E-state index is 0.132. The molecule has 0 bridgehead atoms. The Kier molecular flexibility index (Phi) is 4.22. The van der Waals surface area contributed by atoms with Crippen LogP contribution in [0.1, 0.15) is 19.4 Å². The predicted octanol–water partition coefficient (Wildman–Crippen LogP) is 2.47. The smallest absolute Gasteiger partial charge is 0.286 e. The van der Waals surface area contributed by atoms with Crippen LogP contribution in [0.25, 0.3) is 6.08 Å². The van der Waals surface area contributed by atoms with Crippen molar-refractivity contribution in [2.45, 2.75) is 26.1 Å². The highest BCUT2D eigenvalue weighted by molar-refractivity contribution is 8.18. The van der Waals surface area contributed by atoms with Crippen LogP contribution >= 0.6 is 11.8 Å². The Hall–Kier alpha value is -1.79. The number of thioether (sulfide) groups is 1. The number of aromatic hydroxyl groups is 1. The van der Waals surface area contributed by atoms with Crippen molar-refractivity contribution in [3.05, 3.63) is 34.7 Å². The Morgan fingerprint density at radius 1 is 1.27 bits per heavy atom. The molecule has 1 aromatic carbocycles. The van der Waals surface area contributed by atoms with Gasteiger partial charge in [0.2, 0.25) is 0 Å². The molecule has 0 saturated carbocycles. The van der Waals surface area contributed by atoms with E-state index in [0.717, 1.165) is 23.8 Å². The highest BCUT2D eigenvalue weighted by atomic mass is 32.2. The summed E-state index contributed by atoms with van der Waals surface area (Å²) < 4.78 is 5.71. The van der Waals surface area contributed by atoms with Gasteiger partial charge in [-0.3, -0.25) is 4.79 Å². The topological polar surface area (TPSA) is 62.1 Å². The third-order valence-corrected chi connectivity index (χ3v) is 4.53. The van der Waals surface area contributed by atoms with Gasteiger partial charge in [0, 0.05) is 13.1 Å². The maximum atomic E-state index is 12.1. The average Bonchev–Trinajstić information content (AvgIpc) is 2.82. The van der Waals surface area contributed by atoms with Crippen LogP contribution in [0, 0.1) is 0 Å². The van der Waals surface area contributed by atoms with Gasteiger partial charge in [0.25, 0.3) is 5.91 Å². The molecule has 0 unspecified atom stereocenters. The summed E-state index contributed by atoms with van der Waals surface area (Å²) in [6.45, 7) is 5.54. The van der Waals surface area contributed by atoms with Crippen molar-refractivity contribution >= 4 is 28.9 Å². The Labute approximate surface area is 133 Å². The first-order chi connectivity index (χ1) is 10.5. The fourth-order valence-corrected chi connectivity index (χ4v) is 3.52. The molecular formula is C16H18N2O3S. The van der Waals surface area contributed by atoms with Crippen LogP contribution in [-0.4, -0.2) is 46.4 Å². The van der Waals surface area contributed by atoms with E-state index in [9.17, 15) is 9.90 Å². The largest absolute Gasteiger partial charge is 0.508 e. The molecule has 2 aliphatic rings. The fourth-order valence-electron chi connectivity index (χ4n) is 2.59. The standard InChI is InChI=1S/C16H18N2O3S/c1-10-8-18(9-11(2)21-10)16-17-15(20)14(22-16)7-12-3-5-13(19)6-4-12/h3-7,10-11,19H,8-9H2,1-2H3/t10-,11-/m0/s1. The molecule has 0 aliphatic carbocycles. The zero-order chi connectivity index (χ0) is 15.7. The van der Waals surface area contributed by atoms with Gasteiger partial charge < -0.3 is 14.7 Å². The number of aliphatic imine (C=N–C) groups is 1. The van der Waals surface area contributed by atoms with Crippen molar-refractivity contribution < 1.29 is 14.6 Å². The van der Waals surface area contributed by atoms with E-state index in [-0.39, 0.29) is 23.9 Å². The highest BCUT2D eigenvalue weighted by Crippen LogP contribution is 2.31. The van der Waals surface area contributed by atoms with E-state index in [2.05, 4.69) is 9.89 Å². The van der Waals surface area contributed by atoms with Gasteiger partial charge in [-0.1, -0.05) is 12.1 Å². The van der Waals surface area contributed by atoms with Crippen LogP contribution in [0.5, 0.6) is 5.75 Å². The number of carbonyl (C=O) groups excluding carboxylic acids is 1. The second-order valence-electron chi connectivity index (χ2n) is 5.56. The first-order valence-electron chi connectivity index (χ1n) is 7.23. The quantitative estimate of drug-likeness (QED) is 0.806. The number of carbonyl (C=O) groups is 1. The van der Waals surface area contributed by atoms with E-state index >= 15 is 0 Å². The molecule has 1 N–H and O–H groups in total. The zero-order valence-electron chi connectivity index (χ0n) is 12.5. The Morgan fingerprint density at radius 2 is 1.91 bits per heavy atom. The molecule has 0 aromatic heterocycles. The third-order valence-electron chi connectivity index (χ3n) is 3.49. The molecule has 3 rings (SSSR count). The normalized spacial score (nSPS) is 27.4. The number of rotatable bonds is 1. The number of hydrogen-bond acceptors (Lipinski definition) is 5. The summed E-state index contributed by atoms with van der Waals surface area (Å²) >= 11 is 1.40. The number of ether oxygens (including phenoxy) is 1. The first kappa shape index (κ1) is 15.1. The van der Waals surface area contributed by atoms with Gasteiger partial charge in [-0.25, -0.2) is 0 Å². The van der Waals surface area contributed by atoms with E-state index in [1.165, 1.54) is 11.8 Å². The number of amidine groups is 1. The van der Waals surface area contributed by atoms with Crippen LogP contribution in [0.2, 0.25) is 0 Å². The minimum Gasteiger partial charge on any atom is -0.508 e. The van der Waals surface area contributed by atoms with Gasteiger partial charge >= 0.3 is 0 Å². The Morgan fingerprint density at radius 3 is 2.55 bits per heavy atom. The predicted molar refractivity (Wildman–Crippen MR) is 87.7 cm³/mol. The van der Waals surface area contributed by atoms with Crippen molar-refractivity contribution in [3.63, 3.8) is 0 Å². The molecule has 6 heteroatoms. The molecule has 5 nitrogen and oxygen atoms in total. The molecule has 1 saturated heterocycles. The lowest BCUT2D eigenvalue weighted by Crippen LogP contribution is -2.47. The highest BCUT2D eigenvalue weighted by Gasteiger charge is 2.30. The van der Waals surface area contributed by atoms with Crippen LogP contribution in [0.15, 0.2) is 34.2 Å².